The molecule has 2 aliphatic rings. The van der Waals surface area contributed by atoms with E-state index in [0.717, 1.165) is 88.5 Å². The molecule has 0 saturated carbocycles. The molecular formula is C43H50N4O7. The van der Waals surface area contributed by atoms with Crippen LogP contribution >= 0.6 is 0 Å². The Labute approximate surface area is 316 Å². The van der Waals surface area contributed by atoms with Gasteiger partial charge in [0.25, 0.3) is 5.91 Å². The lowest BCUT2D eigenvalue weighted by atomic mass is 9.87. The smallest absolute Gasteiger partial charge is 0.256 e. The van der Waals surface area contributed by atoms with Gasteiger partial charge in [-0.1, -0.05) is 39.0 Å². The zero-order valence-electron chi connectivity index (χ0n) is 31.4. The van der Waals surface area contributed by atoms with Crippen molar-refractivity contribution >= 4 is 33.3 Å². The van der Waals surface area contributed by atoms with Crippen LogP contribution in [0.5, 0.6) is 28.7 Å². The monoisotopic (exact) mass is 734 g/mol. The lowest BCUT2D eigenvalue weighted by Crippen LogP contribution is -2.38. The Hall–Kier alpha value is -4.94. The molecule has 1 amide bonds. The average molecular weight is 735 g/mol. The molecule has 7 rings (SSSR count). The Morgan fingerprint density at radius 3 is 2.30 bits per heavy atom. The summed E-state index contributed by atoms with van der Waals surface area (Å²) in [5, 5.41) is 16.3. The molecule has 0 radical (unpaired) electrons. The molecule has 2 aliphatic heterocycles. The summed E-state index contributed by atoms with van der Waals surface area (Å²) in [4.78, 5) is 23.1. The van der Waals surface area contributed by atoms with E-state index >= 15 is 0 Å². The SMILES string of the molecule is CC(C)(C)c1ccc(OCCN2CCOCC2)c(NC(=O)c2cccc3cc(Oc4ccnc5cc(OCCCN6CCOCC6)c(O)cc45)ccc23)c1. The summed E-state index contributed by atoms with van der Waals surface area (Å²) in [7, 11) is 0. The molecule has 1 aromatic heterocycles. The molecule has 0 bridgehead atoms. The molecule has 0 atom stereocenters. The predicted molar refractivity (Wildman–Crippen MR) is 211 cm³/mol. The van der Waals surface area contributed by atoms with Crippen molar-refractivity contribution in [3.8, 4) is 28.7 Å². The number of hydrogen-bond donors (Lipinski definition) is 2. The van der Waals surface area contributed by atoms with Gasteiger partial charge >= 0.3 is 0 Å². The fourth-order valence-corrected chi connectivity index (χ4v) is 6.81. The standard InChI is InChI=1S/C43H50N4O7/c1-43(2,3)31-8-11-40(53-25-19-47-17-23-51-24-18-47)37(27-31)45-42(49)34-7-4-6-30-26-32(9-10-33(30)34)54-39-12-13-44-36-29-41(38(48)28-35(36)39)52-20-5-14-46-15-21-50-22-16-46/h4,6-13,26-29,48H,5,14-25H2,1-3H3,(H,45,49). The second-order valence-corrected chi connectivity index (χ2v) is 14.8. The van der Waals surface area contributed by atoms with Crippen molar-refractivity contribution in [1.29, 1.82) is 0 Å². The number of morpholine rings is 2. The molecule has 2 fully saturated rings. The van der Waals surface area contributed by atoms with Crippen LogP contribution in [0, 0.1) is 0 Å². The van der Waals surface area contributed by atoms with E-state index < -0.39 is 0 Å². The van der Waals surface area contributed by atoms with Gasteiger partial charge in [-0.05, 0) is 76.7 Å². The van der Waals surface area contributed by atoms with Crippen molar-refractivity contribution in [2.45, 2.75) is 32.6 Å². The van der Waals surface area contributed by atoms with Crippen LogP contribution in [0.15, 0.2) is 79.0 Å². The van der Waals surface area contributed by atoms with Gasteiger partial charge in [0.2, 0.25) is 0 Å². The number of phenolic OH excluding ortho intramolecular Hbond substituents is 1. The van der Waals surface area contributed by atoms with Crippen molar-refractivity contribution in [2.75, 3.05) is 84.2 Å². The number of nitrogens with one attached hydrogen (secondary N) is 1. The van der Waals surface area contributed by atoms with Crippen LogP contribution in [0.1, 0.15) is 43.1 Å². The van der Waals surface area contributed by atoms with Crippen LogP contribution in [-0.4, -0.2) is 105 Å². The summed E-state index contributed by atoms with van der Waals surface area (Å²) in [5.74, 6) is 1.96. The summed E-state index contributed by atoms with van der Waals surface area (Å²) in [6.45, 7) is 15.8. The number of aromatic hydroxyl groups is 1. The predicted octanol–water partition coefficient (Wildman–Crippen LogP) is 7.25. The van der Waals surface area contributed by atoms with Crippen molar-refractivity contribution < 1.29 is 33.6 Å². The molecular weight excluding hydrogens is 684 g/mol. The van der Waals surface area contributed by atoms with E-state index in [2.05, 4.69) is 46.9 Å². The molecule has 2 N–H and O–H groups in total. The Morgan fingerprint density at radius 2 is 1.54 bits per heavy atom. The largest absolute Gasteiger partial charge is 0.504 e. The molecule has 5 aromatic rings. The Kier molecular flexibility index (Phi) is 11.8. The topological polar surface area (TPSA) is 115 Å². The number of nitrogens with zero attached hydrogens (tertiary/aromatic N) is 3. The molecule has 0 aliphatic carbocycles. The second kappa shape index (κ2) is 17.0. The molecule has 2 saturated heterocycles. The highest BCUT2D eigenvalue weighted by Crippen LogP contribution is 2.38. The van der Waals surface area contributed by atoms with Gasteiger partial charge in [-0.15, -0.1) is 0 Å². The molecule has 3 heterocycles. The average Bonchev–Trinajstić information content (AvgIpc) is 3.17. The van der Waals surface area contributed by atoms with E-state index in [-0.39, 0.29) is 17.1 Å². The van der Waals surface area contributed by atoms with Crippen LogP contribution in [0.2, 0.25) is 0 Å². The minimum atomic E-state index is -0.229. The van der Waals surface area contributed by atoms with Crippen molar-refractivity contribution in [2.24, 2.45) is 0 Å². The first-order valence-corrected chi connectivity index (χ1v) is 18.9. The Morgan fingerprint density at radius 1 is 0.796 bits per heavy atom. The summed E-state index contributed by atoms with van der Waals surface area (Å²) in [6, 6.07) is 22.5. The number of anilines is 1. The van der Waals surface area contributed by atoms with Gasteiger partial charge in [0.15, 0.2) is 11.5 Å². The normalized spacial score (nSPS) is 15.7. The number of pyridine rings is 1. The molecule has 11 nitrogen and oxygen atoms in total. The first kappa shape index (κ1) is 37.4. The van der Waals surface area contributed by atoms with Crippen molar-refractivity contribution in [3.63, 3.8) is 0 Å². The van der Waals surface area contributed by atoms with Crippen LogP contribution in [0.25, 0.3) is 21.7 Å². The molecule has 54 heavy (non-hydrogen) atoms. The lowest BCUT2D eigenvalue weighted by Gasteiger charge is -2.27. The maximum Gasteiger partial charge on any atom is 0.256 e. The second-order valence-electron chi connectivity index (χ2n) is 14.8. The molecule has 284 valence electrons. The molecule has 11 heteroatoms. The van der Waals surface area contributed by atoms with E-state index in [1.807, 2.05) is 48.5 Å². The number of benzene rings is 4. The Bertz CT molecular complexity index is 2070. The minimum Gasteiger partial charge on any atom is -0.504 e. The number of ether oxygens (including phenoxy) is 5. The number of amides is 1. The zero-order chi connectivity index (χ0) is 37.5. The summed E-state index contributed by atoms with van der Waals surface area (Å²) < 4.78 is 29.4. The van der Waals surface area contributed by atoms with Crippen molar-refractivity contribution in [3.05, 3.63) is 90.1 Å². The first-order valence-electron chi connectivity index (χ1n) is 18.9. The van der Waals surface area contributed by atoms with Crippen LogP contribution in [-0.2, 0) is 14.9 Å². The van der Waals surface area contributed by atoms with E-state index in [0.29, 0.717) is 58.4 Å². The van der Waals surface area contributed by atoms with E-state index in [4.69, 9.17) is 23.7 Å². The fourth-order valence-electron chi connectivity index (χ4n) is 6.81. The highest BCUT2D eigenvalue weighted by molar-refractivity contribution is 6.13. The number of hydrogen-bond acceptors (Lipinski definition) is 10. The van der Waals surface area contributed by atoms with E-state index in [1.165, 1.54) is 0 Å². The third-order valence-corrected chi connectivity index (χ3v) is 9.95. The number of fused-ring (bicyclic) bond motifs is 2. The van der Waals surface area contributed by atoms with E-state index in [9.17, 15) is 9.90 Å². The minimum absolute atomic E-state index is 0.0274. The van der Waals surface area contributed by atoms with Crippen molar-refractivity contribution in [1.82, 2.24) is 14.8 Å². The third-order valence-electron chi connectivity index (χ3n) is 9.95. The number of carbonyl (C=O) groups excluding carboxylic acids is 1. The third kappa shape index (κ3) is 9.22. The van der Waals surface area contributed by atoms with Crippen LogP contribution < -0.4 is 19.5 Å². The first-order chi connectivity index (χ1) is 26.2. The van der Waals surface area contributed by atoms with Gasteiger partial charge in [0.05, 0.1) is 44.2 Å². The summed E-state index contributed by atoms with van der Waals surface area (Å²) in [6.07, 6.45) is 2.52. The number of phenols is 1. The molecule has 4 aromatic carbocycles. The van der Waals surface area contributed by atoms with Crippen LogP contribution in [0.3, 0.4) is 0 Å². The molecule has 0 spiro atoms. The highest BCUT2D eigenvalue weighted by atomic mass is 16.5. The fraction of sp³-hybridized carbons (Fsp3) is 0.395. The number of rotatable bonds is 13. The number of carbonyl (C=O) groups is 1. The Balaban J connectivity index is 1.05. The van der Waals surface area contributed by atoms with Gasteiger partial charge in [-0.2, -0.15) is 0 Å². The van der Waals surface area contributed by atoms with Gasteiger partial charge in [0, 0.05) is 62.5 Å². The lowest BCUT2D eigenvalue weighted by molar-refractivity contribution is 0.0323. The van der Waals surface area contributed by atoms with Crippen LogP contribution in [0.4, 0.5) is 5.69 Å². The van der Waals surface area contributed by atoms with Gasteiger partial charge in [0.1, 0.15) is 23.9 Å². The zero-order valence-corrected chi connectivity index (χ0v) is 31.4. The number of aromatic nitrogens is 1. The van der Waals surface area contributed by atoms with Gasteiger partial charge in [-0.25, -0.2) is 0 Å². The van der Waals surface area contributed by atoms with Gasteiger partial charge in [-0.3, -0.25) is 19.6 Å². The quantitative estimate of drug-likeness (QED) is 0.120. The summed E-state index contributed by atoms with van der Waals surface area (Å²) in [5.41, 5.74) is 2.81. The van der Waals surface area contributed by atoms with Gasteiger partial charge < -0.3 is 34.1 Å². The van der Waals surface area contributed by atoms with E-state index in [1.54, 1.807) is 24.4 Å². The summed E-state index contributed by atoms with van der Waals surface area (Å²) >= 11 is 0. The highest BCUT2D eigenvalue weighted by Gasteiger charge is 2.20. The maximum absolute atomic E-state index is 13.9. The molecule has 0 unspecified atom stereocenters. The maximum atomic E-state index is 13.9.